The summed E-state index contributed by atoms with van der Waals surface area (Å²) in [5.74, 6) is -0.255. The summed E-state index contributed by atoms with van der Waals surface area (Å²) in [4.78, 5) is 10.8. The summed E-state index contributed by atoms with van der Waals surface area (Å²) < 4.78 is 4.51. The number of rotatable bonds is 3. The van der Waals surface area contributed by atoms with E-state index in [1.54, 1.807) is 6.92 Å². The minimum absolute atomic E-state index is 0.255. The normalized spacial score (nSPS) is 12.1. The van der Waals surface area contributed by atoms with Crippen LogP contribution >= 0.6 is 0 Å². The summed E-state index contributed by atoms with van der Waals surface area (Å²) in [6.45, 7) is 3.69. The third-order valence-corrected chi connectivity index (χ3v) is 1.30. The maximum Gasteiger partial charge on any atom is 0.333 e. The summed E-state index contributed by atoms with van der Waals surface area (Å²) in [5.41, 5.74) is 0.658. The zero-order chi connectivity index (χ0) is 8.69. The van der Waals surface area contributed by atoms with Crippen LogP contribution in [0.1, 0.15) is 20.3 Å². The number of allylic oxidation sites excluding steroid dienone is 3. The molecule has 2 heteroatoms. The quantitative estimate of drug-likeness (QED) is 0.353. The molecule has 0 aromatic carbocycles. The van der Waals surface area contributed by atoms with Crippen molar-refractivity contribution in [3.63, 3.8) is 0 Å². The maximum absolute atomic E-state index is 10.8. The first-order valence-electron chi connectivity index (χ1n) is 3.58. The third kappa shape index (κ3) is 4.37. The molecule has 0 bridgehead atoms. The topological polar surface area (TPSA) is 26.3 Å². The zero-order valence-electron chi connectivity index (χ0n) is 7.26. The Morgan fingerprint density at radius 1 is 1.55 bits per heavy atom. The van der Waals surface area contributed by atoms with Crippen LogP contribution in [-0.2, 0) is 9.53 Å². The van der Waals surface area contributed by atoms with E-state index < -0.39 is 0 Å². The maximum atomic E-state index is 10.8. The minimum Gasteiger partial charge on any atom is -0.466 e. The molecule has 0 heterocycles. The average molecular weight is 154 g/mol. The number of esters is 1. The molecule has 0 aliphatic heterocycles. The van der Waals surface area contributed by atoms with Gasteiger partial charge in [0.05, 0.1) is 7.11 Å². The minimum atomic E-state index is -0.255. The molecule has 0 aromatic heterocycles. The van der Waals surface area contributed by atoms with Crippen molar-refractivity contribution < 1.29 is 9.53 Å². The smallest absolute Gasteiger partial charge is 0.333 e. The lowest BCUT2D eigenvalue weighted by atomic mass is 10.2. The van der Waals surface area contributed by atoms with E-state index in [1.807, 2.05) is 25.2 Å². The Hall–Kier alpha value is -1.05. The van der Waals surface area contributed by atoms with Crippen LogP contribution in [0.2, 0.25) is 0 Å². The van der Waals surface area contributed by atoms with E-state index in [0.29, 0.717) is 5.57 Å². The van der Waals surface area contributed by atoms with Gasteiger partial charge in [-0.05, 0) is 20.3 Å². The molecule has 0 saturated carbocycles. The van der Waals surface area contributed by atoms with Gasteiger partial charge in [-0.1, -0.05) is 18.2 Å². The average Bonchev–Trinajstić information content (AvgIpc) is 2.03. The molecule has 2 nitrogen and oxygen atoms in total. The number of carbonyl (C=O) groups excluding carboxylic acids is 1. The molecule has 0 saturated heterocycles. The van der Waals surface area contributed by atoms with Crippen LogP contribution in [0.5, 0.6) is 0 Å². The number of carbonyl (C=O) groups is 1. The Morgan fingerprint density at radius 2 is 2.18 bits per heavy atom. The molecule has 0 aliphatic carbocycles. The van der Waals surface area contributed by atoms with Gasteiger partial charge in [-0.3, -0.25) is 0 Å². The summed E-state index contributed by atoms with van der Waals surface area (Å²) in [6, 6.07) is 0. The van der Waals surface area contributed by atoms with Crippen molar-refractivity contribution in [2.75, 3.05) is 7.11 Å². The van der Waals surface area contributed by atoms with Crippen LogP contribution in [0, 0.1) is 0 Å². The molecule has 0 atom stereocenters. The van der Waals surface area contributed by atoms with Crippen LogP contribution in [0.3, 0.4) is 0 Å². The molecular weight excluding hydrogens is 140 g/mol. The molecule has 11 heavy (non-hydrogen) atoms. The molecule has 62 valence electrons. The van der Waals surface area contributed by atoms with Gasteiger partial charge in [-0.25, -0.2) is 4.79 Å². The molecule has 0 radical (unpaired) electrons. The first kappa shape index (κ1) is 9.95. The highest BCUT2D eigenvalue weighted by atomic mass is 16.5. The van der Waals surface area contributed by atoms with Crippen LogP contribution in [0.25, 0.3) is 0 Å². The largest absolute Gasteiger partial charge is 0.466 e. The highest BCUT2D eigenvalue weighted by Gasteiger charge is 1.99. The molecule has 0 unspecified atom stereocenters. The van der Waals surface area contributed by atoms with Crippen molar-refractivity contribution in [1.82, 2.24) is 0 Å². The molecule has 0 aliphatic rings. The summed E-state index contributed by atoms with van der Waals surface area (Å²) in [6.07, 6.45) is 6.55. The number of ether oxygens (including phenoxy) is 1. The van der Waals surface area contributed by atoms with E-state index in [4.69, 9.17) is 0 Å². The summed E-state index contributed by atoms with van der Waals surface area (Å²) in [7, 11) is 1.38. The van der Waals surface area contributed by atoms with Crippen LogP contribution in [-0.4, -0.2) is 13.1 Å². The Kier molecular flexibility index (Phi) is 5.17. The molecule has 0 aromatic rings. The third-order valence-electron chi connectivity index (χ3n) is 1.30. The predicted octanol–water partition coefficient (Wildman–Crippen LogP) is 2.07. The molecule has 0 N–H and O–H groups in total. The Morgan fingerprint density at radius 3 is 2.64 bits per heavy atom. The fourth-order valence-electron chi connectivity index (χ4n) is 0.625. The van der Waals surface area contributed by atoms with Crippen LogP contribution < -0.4 is 0 Å². The lowest BCUT2D eigenvalue weighted by Gasteiger charge is -1.95. The van der Waals surface area contributed by atoms with Gasteiger partial charge >= 0.3 is 5.97 Å². The Balaban J connectivity index is 3.90. The monoisotopic (exact) mass is 154 g/mol. The second-order valence-electron chi connectivity index (χ2n) is 2.18. The van der Waals surface area contributed by atoms with Crippen LogP contribution in [0.4, 0.5) is 0 Å². The lowest BCUT2D eigenvalue weighted by Crippen LogP contribution is -2.00. The second kappa shape index (κ2) is 5.71. The number of hydrogen-bond acceptors (Lipinski definition) is 2. The zero-order valence-corrected chi connectivity index (χ0v) is 7.26. The van der Waals surface area contributed by atoms with Gasteiger partial charge in [0.2, 0.25) is 0 Å². The summed E-state index contributed by atoms with van der Waals surface area (Å²) in [5, 5.41) is 0. The molecule has 0 fully saturated rings. The van der Waals surface area contributed by atoms with Gasteiger partial charge in [0.15, 0.2) is 0 Å². The Labute approximate surface area is 67.6 Å². The summed E-state index contributed by atoms with van der Waals surface area (Å²) >= 11 is 0. The molecule has 0 rings (SSSR count). The number of methoxy groups -OCH3 is 1. The van der Waals surface area contributed by atoms with Gasteiger partial charge in [-0.15, -0.1) is 0 Å². The predicted molar refractivity (Wildman–Crippen MR) is 45.2 cm³/mol. The van der Waals surface area contributed by atoms with Gasteiger partial charge < -0.3 is 4.74 Å². The van der Waals surface area contributed by atoms with E-state index in [9.17, 15) is 4.79 Å². The van der Waals surface area contributed by atoms with Gasteiger partial charge in [0.25, 0.3) is 0 Å². The van der Waals surface area contributed by atoms with Crippen molar-refractivity contribution >= 4 is 5.97 Å². The highest BCUT2D eigenvalue weighted by molar-refractivity contribution is 5.87. The van der Waals surface area contributed by atoms with Gasteiger partial charge in [0.1, 0.15) is 0 Å². The standard InChI is InChI=1S/C9H14O2/c1-4-5-6-7-8(2)9(10)11-3/h4-5,7H,6H2,1-3H3. The fourth-order valence-corrected chi connectivity index (χ4v) is 0.625. The van der Waals surface area contributed by atoms with Crippen molar-refractivity contribution in [2.24, 2.45) is 0 Å². The van der Waals surface area contributed by atoms with E-state index in [2.05, 4.69) is 4.74 Å². The van der Waals surface area contributed by atoms with Crippen molar-refractivity contribution in [3.8, 4) is 0 Å². The Bertz CT molecular complexity index is 178. The first-order chi connectivity index (χ1) is 5.22. The lowest BCUT2D eigenvalue weighted by molar-refractivity contribution is -0.136. The van der Waals surface area contributed by atoms with E-state index >= 15 is 0 Å². The van der Waals surface area contributed by atoms with Gasteiger partial charge in [-0.2, -0.15) is 0 Å². The number of hydrogen-bond donors (Lipinski definition) is 0. The molecule has 0 spiro atoms. The highest BCUT2D eigenvalue weighted by Crippen LogP contribution is 1.98. The molecule has 0 amide bonds. The first-order valence-corrected chi connectivity index (χ1v) is 3.58. The SMILES string of the molecule is CC=CCC=C(C)C(=O)OC. The molecular formula is C9H14O2. The van der Waals surface area contributed by atoms with Crippen molar-refractivity contribution in [1.29, 1.82) is 0 Å². The van der Waals surface area contributed by atoms with Crippen molar-refractivity contribution in [2.45, 2.75) is 20.3 Å². The van der Waals surface area contributed by atoms with E-state index in [-0.39, 0.29) is 5.97 Å². The van der Waals surface area contributed by atoms with E-state index in [1.165, 1.54) is 7.11 Å². The van der Waals surface area contributed by atoms with Crippen molar-refractivity contribution in [3.05, 3.63) is 23.8 Å². The van der Waals surface area contributed by atoms with Gasteiger partial charge in [0, 0.05) is 5.57 Å². The second-order valence-corrected chi connectivity index (χ2v) is 2.18. The fraction of sp³-hybridized carbons (Fsp3) is 0.444. The van der Waals surface area contributed by atoms with E-state index in [0.717, 1.165) is 6.42 Å². The van der Waals surface area contributed by atoms with Crippen LogP contribution in [0.15, 0.2) is 23.8 Å².